The summed E-state index contributed by atoms with van der Waals surface area (Å²) in [7, 11) is 0. The number of allylic oxidation sites excluding steroid dienone is 4. The summed E-state index contributed by atoms with van der Waals surface area (Å²) in [4.78, 5) is 0. The maximum atomic E-state index is 12.8. The van der Waals surface area contributed by atoms with Gasteiger partial charge in [0, 0.05) is 5.92 Å². The molecule has 0 aromatic rings. The number of halogens is 2. The van der Waals surface area contributed by atoms with Crippen molar-refractivity contribution in [3.63, 3.8) is 0 Å². The van der Waals surface area contributed by atoms with Crippen molar-refractivity contribution >= 4 is 0 Å². The van der Waals surface area contributed by atoms with Crippen molar-refractivity contribution in [3.05, 3.63) is 23.8 Å². The average molecular weight is 337 g/mol. The molecule has 0 saturated heterocycles. The SMILES string of the molecule is C/C=C/C1CCC(C2CC=C(C3CCC(C(F)F)CC3)CC2)CC1. The molecule has 3 aliphatic rings. The first-order valence-electron chi connectivity index (χ1n) is 10.3. The van der Waals surface area contributed by atoms with Crippen molar-refractivity contribution in [3.8, 4) is 0 Å². The van der Waals surface area contributed by atoms with Gasteiger partial charge in [-0.3, -0.25) is 0 Å². The Morgan fingerprint density at radius 1 is 0.917 bits per heavy atom. The summed E-state index contributed by atoms with van der Waals surface area (Å²) in [5.74, 6) is 2.93. The van der Waals surface area contributed by atoms with Crippen molar-refractivity contribution in [2.75, 3.05) is 0 Å². The van der Waals surface area contributed by atoms with E-state index < -0.39 is 6.43 Å². The van der Waals surface area contributed by atoms with Gasteiger partial charge in [0.25, 0.3) is 0 Å². The van der Waals surface area contributed by atoms with E-state index in [2.05, 4.69) is 25.2 Å². The third kappa shape index (κ3) is 4.49. The normalized spacial score (nSPS) is 38.5. The lowest BCUT2D eigenvalue weighted by atomic mass is 9.69. The minimum Gasteiger partial charge on any atom is -0.210 e. The second-order valence-electron chi connectivity index (χ2n) is 8.46. The Morgan fingerprint density at radius 2 is 1.62 bits per heavy atom. The van der Waals surface area contributed by atoms with Crippen LogP contribution in [0.4, 0.5) is 8.78 Å². The topological polar surface area (TPSA) is 0 Å². The first-order valence-corrected chi connectivity index (χ1v) is 10.3. The average Bonchev–Trinajstić information content (AvgIpc) is 2.63. The van der Waals surface area contributed by atoms with Crippen LogP contribution in [0.2, 0.25) is 0 Å². The molecular weight excluding hydrogens is 302 g/mol. The largest absolute Gasteiger partial charge is 0.241 e. The summed E-state index contributed by atoms with van der Waals surface area (Å²) < 4.78 is 25.6. The zero-order valence-electron chi connectivity index (χ0n) is 15.2. The van der Waals surface area contributed by atoms with Gasteiger partial charge in [-0.05, 0) is 101 Å². The zero-order valence-corrected chi connectivity index (χ0v) is 15.2. The molecule has 0 aromatic carbocycles. The molecule has 3 rings (SSSR count). The number of hydrogen-bond acceptors (Lipinski definition) is 0. The van der Waals surface area contributed by atoms with Crippen LogP contribution in [-0.2, 0) is 0 Å². The van der Waals surface area contributed by atoms with Gasteiger partial charge in [0.1, 0.15) is 0 Å². The molecule has 2 saturated carbocycles. The molecule has 2 fully saturated rings. The number of alkyl halides is 2. The van der Waals surface area contributed by atoms with Crippen LogP contribution in [0.15, 0.2) is 23.8 Å². The molecule has 3 aliphatic carbocycles. The molecule has 0 heterocycles. The van der Waals surface area contributed by atoms with E-state index in [0.29, 0.717) is 5.92 Å². The fourth-order valence-electron chi connectivity index (χ4n) is 5.50. The molecule has 0 radical (unpaired) electrons. The zero-order chi connectivity index (χ0) is 16.9. The highest BCUT2D eigenvalue weighted by Crippen LogP contribution is 2.44. The van der Waals surface area contributed by atoms with Gasteiger partial charge in [-0.15, -0.1) is 0 Å². The van der Waals surface area contributed by atoms with E-state index >= 15 is 0 Å². The van der Waals surface area contributed by atoms with E-state index in [1.54, 1.807) is 5.57 Å². The first kappa shape index (κ1) is 18.1. The Morgan fingerprint density at radius 3 is 2.17 bits per heavy atom. The van der Waals surface area contributed by atoms with Gasteiger partial charge in [0.15, 0.2) is 0 Å². The molecule has 0 amide bonds. The van der Waals surface area contributed by atoms with Gasteiger partial charge in [-0.25, -0.2) is 8.78 Å². The smallest absolute Gasteiger partial charge is 0.210 e. The van der Waals surface area contributed by atoms with Crippen molar-refractivity contribution in [1.82, 2.24) is 0 Å². The molecule has 0 N–H and O–H groups in total. The first-order chi connectivity index (χ1) is 11.7. The van der Waals surface area contributed by atoms with E-state index in [1.807, 2.05) is 0 Å². The molecule has 24 heavy (non-hydrogen) atoms. The fourth-order valence-corrected chi connectivity index (χ4v) is 5.50. The monoisotopic (exact) mass is 336 g/mol. The van der Waals surface area contributed by atoms with Crippen molar-refractivity contribution in [1.29, 1.82) is 0 Å². The quantitative estimate of drug-likeness (QED) is 0.477. The van der Waals surface area contributed by atoms with Crippen LogP contribution in [0.25, 0.3) is 0 Å². The molecule has 1 atom stereocenters. The summed E-state index contributed by atoms with van der Waals surface area (Å²) >= 11 is 0. The van der Waals surface area contributed by atoms with Crippen molar-refractivity contribution in [2.24, 2.45) is 29.6 Å². The minimum absolute atomic E-state index is 0.328. The summed E-state index contributed by atoms with van der Waals surface area (Å²) in [6.07, 6.45) is 17.9. The van der Waals surface area contributed by atoms with E-state index in [4.69, 9.17) is 0 Å². The summed E-state index contributed by atoms with van der Waals surface area (Å²) in [5, 5.41) is 0. The lowest BCUT2D eigenvalue weighted by Gasteiger charge is -2.37. The molecular formula is C22H34F2. The van der Waals surface area contributed by atoms with Crippen LogP contribution in [0.3, 0.4) is 0 Å². The van der Waals surface area contributed by atoms with Gasteiger partial charge in [0.2, 0.25) is 6.43 Å². The maximum Gasteiger partial charge on any atom is 0.241 e. The van der Waals surface area contributed by atoms with E-state index in [0.717, 1.165) is 43.4 Å². The van der Waals surface area contributed by atoms with Crippen molar-refractivity contribution in [2.45, 2.75) is 84.0 Å². The van der Waals surface area contributed by atoms with Crippen LogP contribution < -0.4 is 0 Å². The Kier molecular flexibility index (Phi) is 6.52. The van der Waals surface area contributed by atoms with Gasteiger partial charge < -0.3 is 0 Å². The van der Waals surface area contributed by atoms with Crippen LogP contribution in [-0.4, -0.2) is 6.43 Å². The van der Waals surface area contributed by atoms with Gasteiger partial charge in [-0.2, -0.15) is 0 Å². The summed E-state index contributed by atoms with van der Waals surface area (Å²) in [5.41, 5.74) is 1.61. The molecule has 0 bridgehead atoms. The molecule has 0 spiro atoms. The van der Waals surface area contributed by atoms with E-state index in [9.17, 15) is 8.78 Å². The number of hydrogen-bond donors (Lipinski definition) is 0. The van der Waals surface area contributed by atoms with E-state index in [1.165, 1.54) is 44.9 Å². The second-order valence-corrected chi connectivity index (χ2v) is 8.46. The van der Waals surface area contributed by atoms with Crippen LogP contribution >= 0.6 is 0 Å². The van der Waals surface area contributed by atoms with E-state index in [-0.39, 0.29) is 5.92 Å². The lowest BCUT2D eigenvalue weighted by molar-refractivity contribution is 0.0491. The highest BCUT2D eigenvalue weighted by Gasteiger charge is 2.32. The minimum atomic E-state index is -2.10. The molecule has 2 heteroatoms. The molecule has 136 valence electrons. The lowest BCUT2D eigenvalue weighted by Crippen LogP contribution is -2.25. The standard InChI is InChI=1S/C22H34F2/c1-2-3-16-4-6-17(7-5-16)18-8-10-19(11-9-18)20-12-14-21(15-13-20)22(23)24/h2-3,10,16-18,20-22H,4-9,11-15H2,1H3/b3-2+. The van der Waals surface area contributed by atoms with Gasteiger partial charge >= 0.3 is 0 Å². The van der Waals surface area contributed by atoms with Crippen LogP contribution in [0, 0.1) is 29.6 Å². The third-order valence-electron chi connectivity index (χ3n) is 7.09. The Hall–Kier alpha value is -0.660. The Balaban J connectivity index is 1.45. The van der Waals surface area contributed by atoms with Gasteiger partial charge in [0.05, 0.1) is 0 Å². The highest BCUT2D eigenvalue weighted by atomic mass is 19.3. The molecule has 1 unspecified atom stereocenters. The predicted molar refractivity (Wildman–Crippen MR) is 97.1 cm³/mol. The molecule has 0 aliphatic heterocycles. The van der Waals surface area contributed by atoms with Crippen LogP contribution in [0.1, 0.15) is 77.6 Å². The van der Waals surface area contributed by atoms with Crippen LogP contribution in [0.5, 0.6) is 0 Å². The fraction of sp³-hybridized carbons (Fsp3) is 0.818. The third-order valence-corrected chi connectivity index (χ3v) is 7.09. The maximum absolute atomic E-state index is 12.8. The van der Waals surface area contributed by atoms with Gasteiger partial charge in [-0.1, -0.05) is 23.8 Å². The molecule has 0 aromatic heterocycles. The summed E-state index contributed by atoms with van der Waals surface area (Å²) in [6, 6.07) is 0. The number of rotatable bonds is 4. The Bertz CT molecular complexity index is 435. The predicted octanol–water partition coefficient (Wildman–Crippen LogP) is 7.17. The highest BCUT2D eigenvalue weighted by molar-refractivity contribution is 5.12. The Labute approximate surface area is 146 Å². The summed E-state index contributed by atoms with van der Waals surface area (Å²) in [6.45, 7) is 2.13. The van der Waals surface area contributed by atoms with Crippen molar-refractivity contribution < 1.29 is 8.78 Å². The second kappa shape index (κ2) is 8.63. The molecule has 0 nitrogen and oxygen atoms in total.